The average Bonchev–Trinajstić information content (AvgIpc) is 3.10. The maximum absolute atomic E-state index is 12.7. The highest BCUT2D eigenvalue weighted by Crippen LogP contribution is 2.32. The first-order chi connectivity index (χ1) is 14.0. The number of carbonyl (C=O) groups is 2. The van der Waals surface area contributed by atoms with Gasteiger partial charge in [0.1, 0.15) is 0 Å². The number of benzene rings is 2. The fourth-order valence-corrected chi connectivity index (χ4v) is 3.27. The number of likely N-dealkylation sites (tertiary alicyclic amines) is 1. The zero-order chi connectivity index (χ0) is 20.8. The maximum atomic E-state index is 12.7. The van der Waals surface area contributed by atoms with Crippen molar-refractivity contribution < 1.29 is 27.8 Å². The van der Waals surface area contributed by atoms with Crippen LogP contribution in [0.3, 0.4) is 0 Å². The largest absolute Gasteiger partial charge is 0.493 e. The molecule has 3 rings (SSSR count). The molecule has 0 spiro atoms. The fraction of sp³-hybridized carbons (Fsp3) is 0.333. The van der Waals surface area contributed by atoms with Gasteiger partial charge in [0.15, 0.2) is 11.5 Å². The van der Waals surface area contributed by atoms with Crippen molar-refractivity contribution in [3.63, 3.8) is 0 Å². The summed E-state index contributed by atoms with van der Waals surface area (Å²) in [5.41, 5.74) is 1.76. The molecule has 1 saturated heterocycles. The Hall–Kier alpha value is -3.16. The van der Waals surface area contributed by atoms with Crippen molar-refractivity contribution in [3.05, 3.63) is 59.2 Å². The highest BCUT2D eigenvalue weighted by Gasteiger charge is 2.21. The molecule has 8 heteroatoms. The van der Waals surface area contributed by atoms with E-state index in [-0.39, 0.29) is 29.5 Å². The number of ether oxygens (including phenoxy) is 2. The number of hydrogen-bond donors (Lipinski definition) is 1. The predicted molar refractivity (Wildman–Crippen MR) is 102 cm³/mol. The first-order valence-corrected chi connectivity index (χ1v) is 9.23. The lowest BCUT2D eigenvalue weighted by Gasteiger charge is -2.16. The molecule has 6 nitrogen and oxygen atoms in total. The Balaban J connectivity index is 1.68. The van der Waals surface area contributed by atoms with Gasteiger partial charge in [-0.3, -0.25) is 9.59 Å². The van der Waals surface area contributed by atoms with Gasteiger partial charge in [-0.25, -0.2) is 0 Å². The second-order valence-electron chi connectivity index (χ2n) is 6.64. The minimum absolute atomic E-state index is 0.0385. The molecule has 2 aromatic rings. The molecule has 0 bridgehead atoms. The van der Waals surface area contributed by atoms with Crippen LogP contribution in [0, 0.1) is 0 Å². The van der Waals surface area contributed by atoms with Crippen molar-refractivity contribution in [1.82, 2.24) is 10.2 Å². The Morgan fingerprint density at radius 3 is 2.66 bits per heavy atom. The van der Waals surface area contributed by atoms with E-state index in [1.165, 1.54) is 25.3 Å². The number of nitrogens with zero attached hydrogens (tertiary/aromatic N) is 1. The van der Waals surface area contributed by atoms with Gasteiger partial charge >= 0.3 is 6.61 Å². The number of carbonyl (C=O) groups excluding carboxylic acids is 2. The number of methoxy groups -OCH3 is 1. The monoisotopic (exact) mass is 404 g/mol. The zero-order valence-electron chi connectivity index (χ0n) is 16.0. The van der Waals surface area contributed by atoms with Gasteiger partial charge < -0.3 is 19.7 Å². The van der Waals surface area contributed by atoms with Crippen LogP contribution in [0.4, 0.5) is 8.78 Å². The van der Waals surface area contributed by atoms with Crippen molar-refractivity contribution in [2.45, 2.75) is 32.5 Å². The summed E-state index contributed by atoms with van der Waals surface area (Å²) in [7, 11) is 1.31. The molecular weight excluding hydrogens is 382 g/mol. The number of nitrogens with one attached hydrogen (secondary N) is 1. The summed E-state index contributed by atoms with van der Waals surface area (Å²) in [6.45, 7) is -1.60. The van der Waals surface area contributed by atoms with Crippen molar-refractivity contribution in [3.8, 4) is 11.5 Å². The molecule has 0 aliphatic carbocycles. The van der Waals surface area contributed by atoms with Crippen molar-refractivity contribution in [2.75, 3.05) is 13.7 Å². The summed E-state index contributed by atoms with van der Waals surface area (Å²) in [4.78, 5) is 26.1. The van der Waals surface area contributed by atoms with Gasteiger partial charge in [-0.2, -0.15) is 8.78 Å². The standard InChI is InChI=1S/C21H22F2N2O4/c1-28-17-8-3-7-16(19(17)29-21(22)23)20(27)24-12-14-5-2-6-15(11-14)13-25-10-4-9-18(25)26/h2-3,5-8,11,21H,4,9-10,12-13H2,1H3,(H,24,27). The molecule has 0 atom stereocenters. The summed E-state index contributed by atoms with van der Waals surface area (Å²) in [5.74, 6) is -0.660. The lowest BCUT2D eigenvalue weighted by molar-refractivity contribution is -0.128. The normalized spacial score (nSPS) is 13.7. The Morgan fingerprint density at radius 2 is 1.97 bits per heavy atom. The number of para-hydroxylation sites is 1. The number of amides is 2. The molecule has 1 N–H and O–H groups in total. The van der Waals surface area contributed by atoms with E-state index in [9.17, 15) is 18.4 Å². The highest BCUT2D eigenvalue weighted by molar-refractivity contribution is 5.97. The van der Waals surface area contributed by atoms with Crippen LogP contribution in [0.1, 0.15) is 34.3 Å². The van der Waals surface area contributed by atoms with Crippen LogP contribution in [0.2, 0.25) is 0 Å². The van der Waals surface area contributed by atoms with Crippen LogP contribution in [0.25, 0.3) is 0 Å². The van der Waals surface area contributed by atoms with Gasteiger partial charge in [-0.05, 0) is 29.7 Å². The average molecular weight is 404 g/mol. The Morgan fingerprint density at radius 1 is 1.21 bits per heavy atom. The SMILES string of the molecule is COc1cccc(C(=O)NCc2cccc(CN3CCCC3=O)c2)c1OC(F)F. The molecular formula is C21H22F2N2O4. The van der Waals surface area contributed by atoms with E-state index >= 15 is 0 Å². The highest BCUT2D eigenvalue weighted by atomic mass is 19.3. The van der Waals surface area contributed by atoms with Crippen LogP contribution in [0.15, 0.2) is 42.5 Å². The van der Waals surface area contributed by atoms with Gasteiger partial charge in [-0.1, -0.05) is 30.3 Å². The third kappa shape index (κ3) is 5.22. The molecule has 29 heavy (non-hydrogen) atoms. The van der Waals surface area contributed by atoms with E-state index in [4.69, 9.17) is 4.74 Å². The van der Waals surface area contributed by atoms with Crippen LogP contribution in [-0.4, -0.2) is 37.0 Å². The molecule has 2 amide bonds. The maximum Gasteiger partial charge on any atom is 0.387 e. The van der Waals surface area contributed by atoms with E-state index in [1.54, 1.807) is 0 Å². The van der Waals surface area contributed by atoms with E-state index in [1.807, 2.05) is 29.2 Å². The van der Waals surface area contributed by atoms with Crippen LogP contribution in [-0.2, 0) is 17.9 Å². The molecule has 2 aromatic carbocycles. The fourth-order valence-electron chi connectivity index (χ4n) is 3.27. The Bertz CT molecular complexity index is 889. The van der Waals surface area contributed by atoms with E-state index in [0.717, 1.165) is 24.1 Å². The second-order valence-corrected chi connectivity index (χ2v) is 6.64. The van der Waals surface area contributed by atoms with Crippen LogP contribution >= 0.6 is 0 Å². The van der Waals surface area contributed by atoms with E-state index < -0.39 is 12.5 Å². The van der Waals surface area contributed by atoms with Crippen molar-refractivity contribution in [2.24, 2.45) is 0 Å². The number of halogens is 2. The van der Waals surface area contributed by atoms with Gasteiger partial charge in [0.2, 0.25) is 5.91 Å². The minimum Gasteiger partial charge on any atom is -0.493 e. The quantitative estimate of drug-likeness (QED) is 0.733. The number of rotatable bonds is 8. The van der Waals surface area contributed by atoms with E-state index in [2.05, 4.69) is 10.1 Å². The molecule has 0 unspecified atom stereocenters. The molecule has 1 fully saturated rings. The van der Waals surface area contributed by atoms with Crippen molar-refractivity contribution >= 4 is 11.8 Å². The molecule has 154 valence electrons. The predicted octanol–water partition coefficient (Wildman–Crippen LogP) is 3.35. The van der Waals surface area contributed by atoms with Crippen LogP contribution in [0.5, 0.6) is 11.5 Å². The molecule has 0 saturated carbocycles. The van der Waals surface area contributed by atoms with E-state index in [0.29, 0.717) is 13.0 Å². The molecule has 0 radical (unpaired) electrons. The summed E-state index contributed by atoms with van der Waals surface area (Å²) in [6.07, 6.45) is 1.46. The second kappa shape index (κ2) is 9.36. The third-order valence-corrected chi connectivity index (χ3v) is 4.64. The summed E-state index contributed by atoms with van der Waals surface area (Å²) < 4.78 is 35.0. The first kappa shape index (κ1) is 20.6. The third-order valence-electron chi connectivity index (χ3n) is 4.64. The summed E-state index contributed by atoms with van der Waals surface area (Å²) in [5, 5.41) is 2.71. The lowest BCUT2D eigenvalue weighted by atomic mass is 10.1. The Kier molecular flexibility index (Phi) is 6.64. The van der Waals surface area contributed by atoms with Gasteiger partial charge in [0.05, 0.1) is 12.7 Å². The number of hydrogen-bond acceptors (Lipinski definition) is 4. The summed E-state index contributed by atoms with van der Waals surface area (Å²) in [6, 6.07) is 11.9. The smallest absolute Gasteiger partial charge is 0.387 e. The molecule has 1 aliphatic rings. The Labute approximate surface area is 167 Å². The topological polar surface area (TPSA) is 67.9 Å². The lowest BCUT2D eigenvalue weighted by Crippen LogP contribution is -2.25. The van der Waals surface area contributed by atoms with Crippen molar-refractivity contribution in [1.29, 1.82) is 0 Å². The molecule has 0 aromatic heterocycles. The molecule has 1 aliphatic heterocycles. The number of alkyl halides is 2. The van der Waals surface area contributed by atoms with Gasteiger partial charge in [0, 0.05) is 26.1 Å². The summed E-state index contributed by atoms with van der Waals surface area (Å²) >= 11 is 0. The molecule has 1 heterocycles. The van der Waals surface area contributed by atoms with Crippen LogP contribution < -0.4 is 14.8 Å². The first-order valence-electron chi connectivity index (χ1n) is 9.23. The van der Waals surface area contributed by atoms with Gasteiger partial charge in [-0.15, -0.1) is 0 Å². The zero-order valence-corrected chi connectivity index (χ0v) is 16.0. The van der Waals surface area contributed by atoms with Gasteiger partial charge in [0.25, 0.3) is 5.91 Å². The minimum atomic E-state index is -3.08.